The molecule has 0 spiro atoms. The number of alkyl halides is 3. The number of hydrogen-bond donors (Lipinski definition) is 2. The van der Waals surface area contributed by atoms with Gasteiger partial charge in [0.15, 0.2) is 0 Å². The fraction of sp³-hybridized carbons (Fsp3) is 0.684. The number of nitrogens with zero attached hydrogens (tertiary/aromatic N) is 1. The average Bonchev–Trinajstić information content (AvgIpc) is 2.59. The average molecular weight is 390 g/mol. The Morgan fingerprint density at radius 2 is 1.69 bits per heavy atom. The Balaban J connectivity index is 1.78. The van der Waals surface area contributed by atoms with Crippen molar-refractivity contribution in [2.24, 2.45) is 17.4 Å². The molecule has 2 fully saturated rings. The number of rotatable bonds is 2. The van der Waals surface area contributed by atoms with Gasteiger partial charge in [-0.25, -0.2) is 0 Å². The molecule has 1 aliphatic carbocycles. The maximum Gasteiger partial charge on any atom is 0.391 e. The zero-order valence-electron chi connectivity index (χ0n) is 15.1. The lowest BCUT2D eigenvalue weighted by Crippen LogP contribution is -2.44. The third-order valence-electron chi connectivity index (χ3n) is 6.05. The van der Waals surface area contributed by atoms with Crippen molar-refractivity contribution < 1.29 is 13.2 Å². The summed E-state index contributed by atoms with van der Waals surface area (Å²) >= 11 is 6.53. The van der Waals surface area contributed by atoms with Crippen LogP contribution in [-0.4, -0.2) is 25.3 Å². The lowest BCUT2D eigenvalue weighted by molar-refractivity contribution is -0.179. The molecule has 146 valence electrons. The molecule has 0 amide bonds. The lowest BCUT2D eigenvalue weighted by Gasteiger charge is -2.39. The van der Waals surface area contributed by atoms with Gasteiger partial charge >= 0.3 is 6.18 Å². The Morgan fingerprint density at radius 1 is 1.12 bits per heavy atom. The van der Waals surface area contributed by atoms with Crippen LogP contribution in [0.4, 0.5) is 18.9 Å². The molecule has 1 aliphatic heterocycles. The van der Waals surface area contributed by atoms with E-state index < -0.39 is 17.6 Å². The second-order valence-electron chi connectivity index (χ2n) is 7.92. The van der Waals surface area contributed by atoms with E-state index >= 15 is 0 Å². The van der Waals surface area contributed by atoms with Gasteiger partial charge in [0.05, 0.1) is 16.6 Å². The van der Waals surface area contributed by atoms with Crippen molar-refractivity contribution in [3.63, 3.8) is 0 Å². The fourth-order valence-electron chi connectivity index (χ4n) is 4.32. The van der Waals surface area contributed by atoms with Crippen molar-refractivity contribution in [2.45, 2.75) is 63.2 Å². The van der Waals surface area contributed by atoms with E-state index in [0.29, 0.717) is 18.1 Å². The van der Waals surface area contributed by atoms with Crippen LogP contribution in [0.1, 0.15) is 49.7 Å². The molecule has 0 atom stereocenters. The summed E-state index contributed by atoms with van der Waals surface area (Å²) in [6.07, 6.45) is -0.466. The van der Waals surface area contributed by atoms with Crippen LogP contribution in [0.3, 0.4) is 0 Å². The minimum Gasteiger partial charge on any atom is -0.370 e. The topological polar surface area (TPSA) is 55.3 Å². The van der Waals surface area contributed by atoms with E-state index in [-0.39, 0.29) is 18.9 Å². The molecule has 0 bridgehead atoms. The van der Waals surface area contributed by atoms with Gasteiger partial charge in [0.2, 0.25) is 0 Å². The molecule has 2 aliphatic rings. The van der Waals surface area contributed by atoms with E-state index in [1.165, 1.54) is 0 Å². The molecule has 7 heteroatoms. The summed E-state index contributed by atoms with van der Waals surface area (Å²) in [4.78, 5) is 1.96. The van der Waals surface area contributed by atoms with Crippen LogP contribution < -0.4 is 16.4 Å². The maximum absolute atomic E-state index is 12.9. The first kappa shape index (κ1) is 19.8. The molecular weight excluding hydrogens is 363 g/mol. The van der Waals surface area contributed by atoms with E-state index in [1.54, 1.807) is 0 Å². The molecule has 0 unspecified atom stereocenters. The van der Waals surface area contributed by atoms with Crippen LogP contribution >= 0.6 is 11.6 Å². The monoisotopic (exact) mass is 389 g/mol. The van der Waals surface area contributed by atoms with Gasteiger partial charge in [-0.15, -0.1) is 0 Å². The number of halogens is 4. The van der Waals surface area contributed by atoms with Crippen molar-refractivity contribution in [1.82, 2.24) is 0 Å². The molecule has 1 saturated heterocycles. The Morgan fingerprint density at radius 3 is 2.23 bits per heavy atom. The molecule has 0 aromatic heterocycles. The maximum atomic E-state index is 12.9. The predicted octanol–water partition coefficient (Wildman–Crippen LogP) is 4.48. The van der Waals surface area contributed by atoms with Gasteiger partial charge < -0.3 is 16.4 Å². The Hall–Kier alpha value is -0.980. The molecular formula is C19H27ClF3N3. The SMILES string of the molecule is Cc1cc(N2CCC(C(F)(F)F)CC2)c(Cl)cc1C1(N)CCC(N)CC1. The standard InChI is InChI=1S/C19H27ClF3N3/c1-12-10-17(26-8-4-13(5-9-26)19(21,22)23)16(20)11-15(12)18(25)6-2-14(24)3-7-18/h10-11,13-14H,2-9,24-25H2,1H3. The van der Waals surface area contributed by atoms with Gasteiger partial charge in [-0.05, 0) is 68.7 Å². The summed E-state index contributed by atoms with van der Waals surface area (Å²) in [7, 11) is 0. The Bertz CT molecular complexity index is 646. The summed E-state index contributed by atoms with van der Waals surface area (Å²) < 4.78 is 38.6. The minimum atomic E-state index is -4.11. The van der Waals surface area contributed by atoms with Gasteiger partial charge in [0.25, 0.3) is 0 Å². The normalized spacial score (nSPS) is 28.4. The van der Waals surface area contributed by atoms with Crippen molar-refractivity contribution in [2.75, 3.05) is 18.0 Å². The van der Waals surface area contributed by atoms with Crippen LogP contribution in [-0.2, 0) is 5.54 Å². The summed E-state index contributed by atoms with van der Waals surface area (Å²) in [6.45, 7) is 2.73. The number of benzene rings is 1. The van der Waals surface area contributed by atoms with E-state index in [4.69, 9.17) is 23.1 Å². The first-order chi connectivity index (χ1) is 12.1. The van der Waals surface area contributed by atoms with Crippen molar-refractivity contribution in [3.05, 3.63) is 28.3 Å². The number of hydrogen-bond acceptors (Lipinski definition) is 3. The number of aryl methyl sites for hydroxylation is 1. The third-order valence-corrected chi connectivity index (χ3v) is 6.35. The lowest BCUT2D eigenvalue weighted by atomic mass is 9.74. The zero-order valence-corrected chi connectivity index (χ0v) is 15.8. The van der Waals surface area contributed by atoms with Crippen LogP contribution in [0.15, 0.2) is 12.1 Å². The highest BCUT2D eigenvalue weighted by molar-refractivity contribution is 6.33. The van der Waals surface area contributed by atoms with E-state index in [2.05, 4.69) is 0 Å². The van der Waals surface area contributed by atoms with Crippen LogP contribution in [0.2, 0.25) is 5.02 Å². The van der Waals surface area contributed by atoms with Crippen LogP contribution in [0, 0.1) is 12.8 Å². The highest BCUT2D eigenvalue weighted by Crippen LogP contribution is 2.41. The summed E-state index contributed by atoms with van der Waals surface area (Å²) in [5, 5.41) is 0.566. The van der Waals surface area contributed by atoms with Gasteiger partial charge in [0.1, 0.15) is 0 Å². The highest BCUT2D eigenvalue weighted by atomic mass is 35.5. The number of nitrogens with two attached hydrogens (primary N) is 2. The first-order valence-electron chi connectivity index (χ1n) is 9.27. The molecule has 3 rings (SSSR count). The van der Waals surface area contributed by atoms with Gasteiger partial charge in [-0.3, -0.25) is 0 Å². The van der Waals surface area contributed by atoms with Gasteiger partial charge in [-0.1, -0.05) is 11.6 Å². The Kier molecular flexibility index (Phi) is 5.48. The van der Waals surface area contributed by atoms with Gasteiger partial charge in [0, 0.05) is 24.7 Å². The second kappa shape index (κ2) is 7.21. The molecule has 1 heterocycles. The molecule has 4 N–H and O–H groups in total. The summed E-state index contributed by atoms with van der Waals surface area (Å²) in [5.41, 5.74) is 15.1. The Labute approximate surface area is 157 Å². The number of anilines is 1. The van der Waals surface area contributed by atoms with Crippen molar-refractivity contribution >= 4 is 17.3 Å². The summed E-state index contributed by atoms with van der Waals surface area (Å²) in [5.74, 6) is -1.21. The van der Waals surface area contributed by atoms with Crippen LogP contribution in [0.5, 0.6) is 0 Å². The zero-order chi connectivity index (χ0) is 19.1. The van der Waals surface area contributed by atoms with Crippen molar-refractivity contribution in [1.29, 1.82) is 0 Å². The molecule has 1 aromatic rings. The van der Waals surface area contributed by atoms with E-state index in [9.17, 15) is 13.2 Å². The summed E-state index contributed by atoms with van der Waals surface area (Å²) in [6, 6.07) is 4.10. The number of piperidine rings is 1. The predicted molar refractivity (Wildman–Crippen MR) is 99.5 cm³/mol. The second-order valence-corrected chi connectivity index (χ2v) is 8.32. The molecule has 3 nitrogen and oxygen atoms in total. The van der Waals surface area contributed by atoms with Crippen molar-refractivity contribution in [3.8, 4) is 0 Å². The molecule has 1 aromatic carbocycles. The van der Waals surface area contributed by atoms with Crippen LogP contribution in [0.25, 0.3) is 0 Å². The largest absolute Gasteiger partial charge is 0.391 e. The van der Waals surface area contributed by atoms with E-state index in [1.807, 2.05) is 24.0 Å². The molecule has 1 saturated carbocycles. The van der Waals surface area contributed by atoms with E-state index in [0.717, 1.165) is 42.5 Å². The first-order valence-corrected chi connectivity index (χ1v) is 9.65. The minimum absolute atomic E-state index is 0.110. The molecule has 0 radical (unpaired) electrons. The molecule has 26 heavy (non-hydrogen) atoms. The quantitative estimate of drug-likeness (QED) is 0.783. The third kappa shape index (κ3) is 3.97. The van der Waals surface area contributed by atoms with Gasteiger partial charge in [-0.2, -0.15) is 13.2 Å². The fourth-order valence-corrected chi connectivity index (χ4v) is 4.60. The highest BCUT2D eigenvalue weighted by Gasteiger charge is 2.41. The smallest absolute Gasteiger partial charge is 0.370 e.